The van der Waals surface area contributed by atoms with Gasteiger partial charge in [0.15, 0.2) is 0 Å². The minimum atomic E-state index is -0.353. The molecule has 1 heterocycles. The summed E-state index contributed by atoms with van der Waals surface area (Å²) in [5.41, 5.74) is 0.966. The first-order valence-electron chi connectivity index (χ1n) is 9.08. The van der Waals surface area contributed by atoms with Gasteiger partial charge < -0.3 is 0 Å². The van der Waals surface area contributed by atoms with Gasteiger partial charge in [0, 0.05) is 10.8 Å². The summed E-state index contributed by atoms with van der Waals surface area (Å²) in [5.74, 6) is 0.280. The molecule has 6 heteroatoms. The molecule has 0 unspecified atom stereocenters. The number of aromatic nitrogens is 2. The van der Waals surface area contributed by atoms with Crippen molar-refractivity contribution in [3.05, 3.63) is 71.2 Å². The summed E-state index contributed by atoms with van der Waals surface area (Å²) in [6.45, 7) is 4.30. The van der Waals surface area contributed by atoms with Crippen LogP contribution in [0.4, 0.5) is 5.13 Å². The van der Waals surface area contributed by atoms with E-state index in [0.717, 1.165) is 28.3 Å². The van der Waals surface area contributed by atoms with Crippen LogP contribution in [0.3, 0.4) is 0 Å². The van der Waals surface area contributed by atoms with Gasteiger partial charge in [-0.1, -0.05) is 80.1 Å². The summed E-state index contributed by atoms with van der Waals surface area (Å²) >= 11 is 3.00. The summed E-state index contributed by atoms with van der Waals surface area (Å²) in [5, 5.41) is 12.6. The topological polar surface area (TPSA) is 54.9 Å². The van der Waals surface area contributed by atoms with Crippen molar-refractivity contribution in [3.8, 4) is 0 Å². The molecular formula is C21H23N3OS2. The van der Waals surface area contributed by atoms with Crippen LogP contribution in [0, 0.1) is 0 Å². The van der Waals surface area contributed by atoms with Crippen molar-refractivity contribution in [2.75, 3.05) is 5.32 Å². The maximum absolute atomic E-state index is 13.0. The van der Waals surface area contributed by atoms with Crippen LogP contribution in [0.1, 0.15) is 48.4 Å². The largest absolute Gasteiger partial charge is 0.299 e. The number of thioether (sulfide) groups is 1. The minimum absolute atomic E-state index is 0.0825. The number of hydrogen-bond acceptors (Lipinski definition) is 5. The van der Waals surface area contributed by atoms with Gasteiger partial charge in [0.2, 0.25) is 11.0 Å². The fraction of sp³-hybridized carbons (Fsp3) is 0.286. The van der Waals surface area contributed by atoms with Gasteiger partial charge in [-0.15, -0.1) is 22.0 Å². The predicted molar refractivity (Wildman–Crippen MR) is 113 cm³/mol. The van der Waals surface area contributed by atoms with E-state index in [-0.39, 0.29) is 11.2 Å². The Morgan fingerprint density at radius 2 is 1.74 bits per heavy atom. The quantitative estimate of drug-likeness (QED) is 0.480. The highest BCUT2D eigenvalue weighted by Gasteiger charge is 2.23. The summed E-state index contributed by atoms with van der Waals surface area (Å²) < 4.78 is 0. The number of amides is 1. The molecule has 0 bridgehead atoms. The van der Waals surface area contributed by atoms with Gasteiger partial charge in [0.05, 0.1) is 0 Å². The standard InChI is InChI=1S/C21H23N3OS2/c1-3-10-15(2)20-23-24-21(27-20)22-19(25)18(16-11-6-4-7-12-16)26-17-13-8-5-9-14-17/h4-9,11-15,18H,3,10H2,1-2H3,(H,22,24,25)/t15-,18+/m1/s1. The molecule has 0 aliphatic heterocycles. The SMILES string of the molecule is CCC[C@@H](C)c1nnc(NC(=O)[C@@H](Sc2ccccc2)c2ccccc2)s1. The predicted octanol–water partition coefficient (Wildman–Crippen LogP) is 5.91. The van der Waals surface area contributed by atoms with Crippen molar-refractivity contribution in [2.45, 2.75) is 42.8 Å². The third-order valence-electron chi connectivity index (χ3n) is 4.15. The minimum Gasteiger partial charge on any atom is -0.299 e. The van der Waals surface area contributed by atoms with Crippen molar-refractivity contribution >= 4 is 34.1 Å². The Morgan fingerprint density at radius 3 is 2.41 bits per heavy atom. The first kappa shape index (κ1) is 19.6. The summed E-state index contributed by atoms with van der Waals surface area (Å²) in [6.07, 6.45) is 2.17. The molecule has 27 heavy (non-hydrogen) atoms. The molecule has 2 aromatic carbocycles. The van der Waals surface area contributed by atoms with E-state index in [0.29, 0.717) is 11.0 Å². The molecule has 1 amide bonds. The number of carbonyl (C=O) groups excluding carboxylic acids is 1. The van der Waals surface area contributed by atoms with E-state index in [1.807, 2.05) is 60.7 Å². The number of anilines is 1. The van der Waals surface area contributed by atoms with E-state index in [9.17, 15) is 4.79 Å². The van der Waals surface area contributed by atoms with Gasteiger partial charge in [0.25, 0.3) is 0 Å². The fourth-order valence-electron chi connectivity index (χ4n) is 2.75. The molecule has 0 saturated carbocycles. The number of hydrogen-bond donors (Lipinski definition) is 1. The van der Waals surface area contributed by atoms with Crippen LogP contribution < -0.4 is 5.32 Å². The van der Waals surface area contributed by atoms with Crippen molar-refractivity contribution in [1.82, 2.24) is 10.2 Å². The van der Waals surface area contributed by atoms with Crippen molar-refractivity contribution in [1.29, 1.82) is 0 Å². The number of benzene rings is 2. The Hall–Kier alpha value is -2.18. The van der Waals surface area contributed by atoms with Crippen LogP contribution in [-0.4, -0.2) is 16.1 Å². The van der Waals surface area contributed by atoms with Crippen LogP contribution in [0.5, 0.6) is 0 Å². The molecule has 3 rings (SSSR count). The molecule has 0 fully saturated rings. The van der Waals surface area contributed by atoms with Gasteiger partial charge in [-0.05, 0) is 24.1 Å². The van der Waals surface area contributed by atoms with Crippen molar-refractivity contribution < 1.29 is 4.79 Å². The monoisotopic (exact) mass is 397 g/mol. The molecule has 0 radical (unpaired) electrons. The number of nitrogens with one attached hydrogen (secondary N) is 1. The summed E-state index contributed by atoms with van der Waals surface area (Å²) in [4.78, 5) is 14.1. The Balaban J connectivity index is 1.77. The molecule has 4 nitrogen and oxygen atoms in total. The summed E-state index contributed by atoms with van der Waals surface area (Å²) in [7, 11) is 0. The first-order valence-corrected chi connectivity index (χ1v) is 10.8. The molecule has 1 aromatic heterocycles. The number of nitrogens with zero attached hydrogens (tertiary/aromatic N) is 2. The molecule has 0 spiro atoms. The van der Waals surface area contributed by atoms with Gasteiger partial charge in [0.1, 0.15) is 10.3 Å². The zero-order valence-electron chi connectivity index (χ0n) is 15.5. The molecular weight excluding hydrogens is 374 g/mol. The van der Waals surface area contributed by atoms with Gasteiger partial charge in [-0.2, -0.15) is 0 Å². The van der Waals surface area contributed by atoms with Crippen molar-refractivity contribution in [2.24, 2.45) is 0 Å². The van der Waals surface area contributed by atoms with E-state index >= 15 is 0 Å². The Labute approximate surface area is 168 Å². The Bertz CT molecular complexity index is 852. The molecule has 0 aliphatic rings. The van der Waals surface area contributed by atoms with Crippen LogP contribution in [0.25, 0.3) is 0 Å². The maximum Gasteiger partial charge on any atom is 0.244 e. The highest BCUT2D eigenvalue weighted by atomic mass is 32.2. The lowest BCUT2D eigenvalue weighted by atomic mass is 10.1. The third-order valence-corrected chi connectivity index (χ3v) is 6.49. The molecule has 0 saturated heterocycles. The average Bonchev–Trinajstić information content (AvgIpc) is 3.16. The van der Waals surface area contributed by atoms with Crippen LogP contribution >= 0.6 is 23.1 Å². The lowest BCUT2D eigenvalue weighted by molar-refractivity contribution is -0.115. The van der Waals surface area contributed by atoms with E-state index in [4.69, 9.17) is 0 Å². The van der Waals surface area contributed by atoms with E-state index in [2.05, 4.69) is 29.4 Å². The second-order valence-corrected chi connectivity index (χ2v) is 8.53. The first-order chi connectivity index (χ1) is 13.2. The van der Waals surface area contributed by atoms with Gasteiger partial charge >= 0.3 is 0 Å². The molecule has 2 atom stereocenters. The lowest BCUT2D eigenvalue weighted by Crippen LogP contribution is -2.18. The maximum atomic E-state index is 13.0. The smallest absolute Gasteiger partial charge is 0.244 e. The Kier molecular flexibility index (Phi) is 7.01. The summed E-state index contributed by atoms with van der Waals surface area (Å²) in [6, 6.07) is 19.8. The number of carbonyl (C=O) groups is 1. The van der Waals surface area contributed by atoms with E-state index in [1.165, 1.54) is 23.1 Å². The Morgan fingerprint density at radius 1 is 1.07 bits per heavy atom. The molecule has 0 aliphatic carbocycles. The highest BCUT2D eigenvalue weighted by molar-refractivity contribution is 8.00. The third kappa shape index (κ3) is 5.40. The second kappa shape index (κ2) is 9.67. The second-order valence-electron chi connectivity index (χ2n) is 6.35. The van der Waals surface area contributed by atoms with Gasteiger partial charge in [-0.25, -0.2) is 0 Å². The van der Waals surface area contributed by atoms with Crippen LogP contribution in [0.15, 0.2) is 65.6 Å². The van der Waals surface area contributed by atoms with Gasteiger partial charge in [-0.3, -0.25) is 10.1 Å². The zero-order chi connectivity index (χ0) is 19.1. The van der Waals surface area contributed by atoms with Crippen molar-refractivity contribution in [3.63, 3.8) is 0 Å². The van der Waals surface area contributed by atoms with E-state index in [1.54, 1.807) is 0 Å². The fourth-order valence-corrected chi connectivity index (χ4v) is 4.63. The molecule has 140 valence electrons. The normalized spacial score (nSPS) is 13.1. The van der Waals surface area contributed by atoms with Crippen LogP contribution in [0.2, 0.25) is 0 Å². The molecule has 3 aromatic rings. The zero-order valence-corrected chi connectivity index (χ0v) is 17.1. The molecule has 1 N–H and O–H groups in total. The highest BCUT2D eigenvalue weighted by Crippen LogP contribution is 2.36. The number of rotatable bonds is 8. The van der Waals surface area contributed by atoms with Crippen LogP contribution in [-0.2, 0) is 4.79 Å². The van der Waals surface area contributed by atoms with E-state index < -0.39 is 0 Å². The average molecular weight is 398 g/mol. The lowest BCUT2D eigenvalue weighted by Gasteiger charge is -2.16.